The Hall–Kier alpha value is -1.22. The van der Waals surface area contributed by atoms with Crippen LogP contribution in [0.1, 0.15) is 53.9 Å². The lowest BCUT2D eigenvalue weighted by molar-refractivity contribution is -0.138. The summed E-state index contributed by atoms with van der Waals surface area (Å²) in [4.78, 5) is 25.4. The van der Waals surface area contributed by atoms with E-state index in [9.17, 15) is 14.7 Å². The molecule has 1 N–H and O–H groups in total. The molecule has 5 atom stereocenters. The first-order valence-electron chi connectivity index (χ1n) is 8.75. The van der Waals surface area contributed by atoms with E-state index in [1.165, 1.54) is 0 Å². The van der Waals surface area contributed by atoms with Crippen molar-refractivity contribution >= 4 is 11.6 Å². The Bertz CT molecular complexity index is 625. The predicted octanol–water partition coefficient (Wildman–Crippen LogP) is 3.47. The highest BCUT2D eigenvalue weighted by Gasteiger charge is 2.58. The molecule has 3 nitrogen and oxygen atoms in total. The highest BCUT2D eigenvalue weighted by atomic mass is 16.3. The second kappa shape index (κ2) is 5.14. The SMILES string of the molecule is CC1=CC2C(=O)C(C)CC2(O)C(=O)C(C)=CC2C(CC1)C2(C)C. The molecule has 0 bridgehead atoms. The molecule has 0 aromatic carbocycles. The summed E-state index contributed by atoms with van der Waals surface area (Å²) in [6, 6.07) is 0. The van der Waals surface area contributed by atoms with Crippen LogP contribution in [0.5, 0.6) is 0 Å². The van der Waals surface area contributed by atoms with Crippen molar-refractivity contribution in [3.8, 4) is 0 Å². The van der Waals surface area contributed by atoms with Crippen LogP contribution in [0.3, 0.4) is 0 Å². The zero-order valence-electron chi connectivity index (χ0n) is 14.8. The van der Waals surface area contributed by atoms with Crippen LogP contribution >= 0.6 is 0 Å². The van der Waals surface area contributed by atoms with E-state index in [0.717, 1.165) is 18.4 Å². The van der Waals surface area contributed by atoms with Gasteiger partial charge in [0.15, 0.2) is 5.78 Å². The Morgan fingerprint density at radius 2 is 1.83 bits per heavy atom. The van der Waals surface area contributed by atoms with Crippen molar-refractivity contribution < 1.29 is 14.7 Å². The quantitative estimate of drug-likeness (QED) is 0.696. The van der Waals surface area contributed by atoms with E-state index in [0.29, 0.717) is 17.4 Å². The van der Waals surface area contributed by atoms with Gasteiger partial charge in [-0.1, -0.05) is 38.5 Å². The Kier molecular flexibility index (Phi) is 3.72. The molecule has 0 radical (unpaired) electrons. The summed E-state index contributed by atoms with van der Waals surface area (Å²) in [6.07, 6.45) is 6.16. The van der Waals surface area contributed by atoms with Gasteiger partial charge in [0.1, 0.15) is 11.4 Å². The first-order chi connectivity index (χ1) is 10.6. The van der Waals surface area contributed by atoms with Gasteiger partial charge in [0.25, 0.3) is 0 Å². The Morgan fingerprint density at radius 1 is 1.17 bits per heavy atom. The van der Waals surface area contributed by atoms with E-state index < -0.39 is 11.5 Å². The minimum absolute atomic E-state index is 0.00210. The molecular weight excluding hydrogens is 288 g/mol. The summed E-state index contributed by atoms with van der Waals surface area (Å²) < 4.78 is 0. The molecule has 23 heavy (non-hydrogen) atoms. The number of carbonyl (C=O) groups is 2. The molecule has 3 heteroatoms. The largest absolute Gasteiger partial charge is 0.381 e. The topological polar surface area (TPSA) is 54.4 Å². The molecule has 0 amide bonds. The molecule has 2 saturated carbocycles. The predicted molar refractivity (Wildman–Crippen MR) is 89.7 cm³/mol. The molecule has 0 aromatic heterocycles. The zero-order valence-corrected chi connectivity index (χ0v) is 14.8. The van der Waals surface area contributed by atoms with Crippen LogP contribution in [0.25, 0.3) is 0 Å². The van der Waals surface area contributed by atoms with Crippen LogP contribution in [-0.4, -0.2) is 22.3 Å². The monoisotopic (exact) mass is 316 g/mol. The highest BCUT2D eigenvalue weighted by molar-refractivity contribution is 6.07. The highest BCUT2D eigenvalue weighted by Crippen LogP contribution is 2.62. The molecule has 126 valence electrons. The fourth-order valence-electron chi connectivity index (χ4n) is 4.80. The zero-order chi connectivity index (χ0) is 17.2. The number of rotatable bonds is 0. The Morgan fingerprint density at radius 3 is 2.48 bits per heavy atom. The molecule has 5 unspecified atom stereocenters. The van der Waals surface area contributed by atoms with Gasteiger partial charge in [-0.15, -0.1) is 0 Å². The van der Waals surface area contributed by atoms with Gasteiger partial charge in [0.2, 0.25) is 0 Å². The standard InChI is InChI=1S/C20H28O3/c1-11-6-7-14-15(19(14,4)5)9-12(2)18(22)20(23)10-13(3)17(21)16(20)8-11/h8-9,13-16,23H,6-7,10H2,1-5H3. The maximum absolute atomic E-state index is 13.0. The number of carbonyl (C=O) groups excluding carboxylic acids is 2. The van der Waals surface area contributed by atoms with Crippen LogP contribution in [0.4, 0.5) is 0 Å². The van der Waals surface area contributed by atoms with Crippen LogP contribution in [0.2, 0.25) is 0 Å². The van der Waals surface area contributed by atoms with Gasteiger partial charge in [-0.05, 0) is 55.9 Å². The second-order valence-corrected chi connectivity index (χ2v) is 8.59. The van der Waals surface area contributed by atoms with Gasteiger partial charge < -0.3 is 5.11 Å². The van der Waals surface area contributed by atoms with Crippen molar-refractivity contribution in [2.75, 3.05) is 0 Å². The summed E-state index contributed by atoms with van der Waals surface area (Å²) in [6.45, 7) is 10.1. The van der Waals surface area contributed by atoms with Crippen LogP contribution in [0, 0.1) is 29.1 Å². The number of Topliss-reactive ketones (excluding diaryl/α,β-unsaturated/α-hetero) is 2. The molecule has 3 aliphatic carbocycles. The lowest BCUT2D eigenvalue weighted by Gasteiger charge is -2.26. The minimum atomic E-state index is -1.56. The summed E-state index contributed by atoms with van der Waals surface area (Å²) >= 11 is 0. The van der Waals surface area contributed by atoms with E-state index in [2.05, 4.69) is 19.9 Å². The molecule has 0 saturated heterocycles. The Balaban J connectivity index is 2.05. The maximum Gasteiger partial charge on any atom is 0.190 e. The van der Waals surface area contributed by atoms with E-state index in [-0.39, 0.29) is 29.3 Å². The lowest BCUT2D eigenvalue weighted by atomic mass is 9.82. The van der Waals surface area contributed by atoms with E-state index in [1.54, 1.807) is 6.92 Å². The minimum Gasteiger partial charge on any atom is -0.381 e. The van der Waals surface area contributed by atoms with Gasteiger partial charge in [-0.25, -0.2) is 0 Å². The average Bonchev–Trinajstić information content (AvgIpc) is 2.90. The first-order valence-corrected chi connectivity index (χ1v) is 8.75. The van der Waals surface area contributed by atoms with E-state index >= 15 is 0 Å². The van der Waals surface area contributed by atoms with Gasteiger partial charge in [0, 0.05) is 5.92 Å². The molecule has 0 aromatic rings. The number of fused-ring (bicyclic) bond motifs is 2. The average molecular weight is 316 g/mol. The fourth-order valence-corrected chi connectivity index (χ4v) is 4.80. The summed E-state index contributed by atoms with van der Waals surface area (Å²) in [5.74, 6) is -0.232. The number of allylic oxidation sites excluding steroid dienone is 2. The second-order valence-electron chi connectivity index (χ2n) is 8.59. The summed E-state index contributed by atoms with van der Waals surface area (Å²) in [5, 5.41) is 11.1. The third-order valence-corrected chi connectivity index (χ3v) is 6.55. The lowest BCUT2D eigenvalue weighted by Crippen LogP contribution is -2.43. The van der Waals surface area contributed by atoms with Crippen molar-refractivity contribution in [2.45, 2.75) is 59.5 Å². The third kappa shape index (κ3) is 2.44. The smallest absolute Gasteiger partial charge is 0.190 e. The number of ketones is 2. The number of hydrogen-bond acceptors (Lipinski definition) is 3. The molecule has 2 fully saturated rings. The number of aliphatic hydroxyl groups is 1. The summed E-state index contributed by atoms with van der Waals surface area (Å²) in [5.41, 5.74) is 0.400. The van der Waals surface area contributed by atoms with Gasteiger partial charge in [-0.2, -0.15) is 0 Å². The van der Waals surface area contributed by atoms with Crippen LogP contribution in [-0.2, 0) is 9.59 Å². The van der Waals surface area contributed by atoms with Gasteiger partial charge in [-0.3, -0.25) is 9.59 Å². The van der Waals surface area contributed by atoms with Gasteiger partial charge >= 0.3 is 0 Å². The van der Waals surface area contributed by atoms with Crippen LogP contribution < -0.4 is 0 Å². The maximum atomic E-state index is 13.0. The van der Waals surface area contributed by atoms with Crippen molar-refractivity contribution in [3.05, 3.63) is 23.3 Å². The van der Waals surface area contributed by atoms with Crippen molar-refractivity contribution in [2.24, 2.45) is 29.1 Å². The molecular formula is C20H28O3. The van der Waals surface area contributed by atoms with Gasteiger partial charge in [0.05, 0.1) is 5.92 Å². The fraction of sp³-hybridized carbons (Fsp3) is 0.700. The molecule has 0 heterocycles. The number of hydrogen-bond donors (Lipinski definition) is 1. The molecule has 3 rings (SSSR count). The third-order valence-electron chi connectivity index (χ3n) is 6.55. The molecule has 0 aliphatic heterocycles. The normalized spacial score (nSPS) is 43.0. The molecule has 0 spiro atoms. The first kappa shape index (κ1) is 16.6. The molecule has 3 aliphatic rings. The van der Waals surface area contributed by atoms with Crippen molar-refractivity contribution in [1.29, 1.82) is 0 Å². The van der Waals surface area contributed by atoms with Crippen molar-refractivity contribution in [3.63, 3.8) is 0 Å². The summed E-state index contributed by atoms with van der Waals surface area (Å²) in [7, 11) is 0. The Labute approximate surface area is 138 Å². The van der Waals surface area contributed by atoms with Crippen LogP contribution in [0.15, 0.2) is 23.3 Å². The van der Waals surface area contributed by atoms with E-state index in [4.69, 9.17) is 0 Å². The van der Waals surface area contributed by atoms with E-state index in [1.807, 2.05) is 19.9 Å². The van der Waals surface area contributed by atoms with Crippen molar-refractivity contribution in [1.82, 2.24) is 0 Å².